The van der Waals surface area contributed by atoms with Crippen LogP contribution in [-0.2, 0) is 0 Å². The Bertz CT molecular complexity index is 1020. The topological polar surface area (TPSA) is 52.2 Å². The van der Waals surface area contributed by atoms with E-state index in [1.807, 2.05) is 18.2 Å². The fraction of sp³-hybridized carbons (Fsp3) is 0. The molecule has 2 aromatic carbocycles. The van der Waals surface area contributed by atoms with Gasteiger partial charge in [0.1, 0.15) is 6.33 Å². The molecule has 0 unspecified atom stereocenters. The lowest BCUT2D eigenvalue weighted by Crippen LogP contribution is -2.21. The lowest BCUT2D eigenvalue weighted by Gasteiger charge is -2.09. The van der Waals surface area contributed by atoms with E-state index in [0.717, 1.165) is 5.52 Å². The van der Waals surface area contributed by atoms with Crippen molar-refractivity contribution in [3.05, 3.63) is 70.2 Å². The molecular weight excluding hydrogens is 288 g/mol. The number of nitrogens with zero attached hydrogens (tertiary/aromatic N) is 4. The molecule has 0 aliphatic heterocycles. The summed E-state index contributed by atoms with van der Waals surface area (Å²) in [6.07, 6.45) is 1.60. The Morgan fingerprint density at radius 3 is 2.57 bits per heavy atom. The van der Waals surface area contributed by atoms with Crippen molar-refractivity contribution in [1.29, 1.82) is 0 Å². The summed E-state index contributed by atoms with van der Waals surface area (Å²) in [5.74, 6) is 0.473. The van der Waals surface area contributed by atoms with Gasteiger partial charge >= 0.3 is 0 Å². The van der Waals surface area contributed by atoms with Crippen molar-refractivity contribution in [3.8, 4) is 5.69 Å². The number of hydrogen-bond donors (Lipinski definition) is 0. The van der Waals surface area contributed by atoms with Crippen LogP contribution in [0.5, 0.6) is 0 Å². The minimum Gasteiger partial charge on any atom is -0.268 e. The highest BCUT2D eigenvalue weighted by molar-refractivity contribution is 6.30. The number of rotatable bonds is 1. The first-order chi connectivity index (χ1) is 10.3. The predicted molar refractivity (Wildman–Crippen MR) is 81.1 cm³/mol. The molecular formula is C15H9ClN4O. The minimum atomic E-state index is -0.131. The highest BCUT2D eigenvalue weighted by Crippen LogP contribution is 2.17. The van der Waals surface area contributed by atoms with Crippen LogP contribution < -0.4 is 5.56 Å². The summed E-state index contributed by atoms with van der Waals surface area (Å²) in [5.41, 5.74) is 1.36. The van der Waals surface area contributed by atoms with E-state index in [4.69, 9.17) is 11.6 Å². The van der Waals surface area contributed by atoms with Gasteiger partial charge in [-0.2, -0.15) is 0 Å². The van der Waals surface area contributed by atoms with Crippen molar-refractivity contribution in [3.63, 3.8) is 0 Å². The normalized spacial score (nSPS) is 11.3. The molecule has 5 nitrogen and oxygen atoms in total. The molecule has 0 spiro atoms. The smallest absolute Gasteiger partial charge is 0.267 e. The van der Waals surface area contributed by atoms with E-state index in [2.05, 4.69) is 10.2 Å². The lowest BCUT2D eigenvalue weighted by atomic mass is 10.2. The van der Waals surface area contributed by atoms with Crippen LogP contribution in [0, 0.1) is 0 Å². The van der Waals surface area contributed by atoms with Crippen molar-refractivity contribution in [2.75, 3.05) is 0 Å². The lowest BCUT2D eigenvalue weighted by molar-refractivity contribution is 0.967. The molecule has 0 N–H and O–H groups in total. The molecule has 0 amide bonds. The molecule has 4 aromatic rings. The maximum absolute atomic E-state index is 12.8. The van der Waals surface area contributed by atoms with Crippen molar-refractivity contribution in [2.24, 2.45) is 0 Å². The maximum atomic E-state index is 12.8. The van der Waals surface area contributed by atoms with E-state index in [9.17, 15) is 4.79 Å². The average Bonchev–Trinajstić information content (AvgIpc) is 2.99. The first-order valence-corrected chi connectivity index (χ1v) is 6.73. The monoisotopic (exact) mass is 296 g/mol. The van der Waals surface area contributed by atoms with E-state index >= 15 is 0 Å². The second kappa shape index (κ2) is 4.43. The van der Waals surface area contributed by atoms with Crippen LogP contribution in [0.1, 0.15) is 0 Å². The molecule has 2 aromatic heterocycles. The minimum absolute atomic E-state index is 0.131. The van der Waals surface area contributed by atoms with Crippen LogP contribution in [0.4, 0.5) is 0 Å². The van der Waals surface area contributed by atoms with Gasteiger partial charge in [-0.1, -0.05) is 23.7 Å². The van der Waals surface area contributed by atoms with Crippen molar-refractivity contribution in [2.45, 2.75) is 0 Å². The Labute approximate surface area is 124 Å². The Balaban J connectivity index is 2.21. The highest BCUT2D eigenvalue weighted by Gasteiger charge is 2.13. The Kier molecular flexibility index (Phi) is 2.55. The molecule has 2 heterocycles. The van der Waals surface area contributed by atoms with Crippen LogP contribution >= 0.6 is 11.6 Å². The van der Waals surface area contributed by atoms with Crippen LogP contribution in [-0.4, -0.2) is 19.2 Å². The largest absolute Gasteiger partial charge is 0.268 e. The Morgan fingerprint density at radius 1 is 1.00 bits per heavy atom. The molecule has 0 bridgehead atoms. The average molecular weight is 297 g/mol. The van der Waals surface area contributed by atoms with Gasteiger partial charge in [-0.3, -0.25) is 9.20 Å². The van der Waals surface area contributed by atoms with Gasteiger partial charge in [-0.25, -0.2) is 4.57 Å². The molecule has 0 aliphatic rings. The van der Waals surface area contributed by atoms with E-state index < -0.39 is 0 Å². The van der Waals surface area contributed by atoms with Crippen LogP contribution in [0.25, 0.3) is 22.4 Å². The van der Waals surface area contributed by atoms with Gasteiger partial charge in [-0.05, 0) is 36.4 Å². The number of aromatic nitrogens is 4. The zero-order valence-corrected chi connectivity index (χ0v) is 11.5. The summed E-state index contributed by atoms with van der Waals surface area (Å²) in [6, 6.07) is 14.4. The van der Waals surface area contributed by atoms with Crippen LogP contribution in [0.2, 0.25) is 5.02 Å². The summed E-state index contributed by atoms with van der Waals surface area (Å²) in [4.78, 5) is 12.8. The SMILES string of the molecule is O=c1c2ccccc2n2cnnc2n1-c1ccc(Cl)cc1. The third-order valence-corrected chi connectivity index (χ3v) is 3.66. The number of halogens is 1. The Hall–Kier alpha value is -2.66. The summed E-state index contributed by atoms with van der Waals surface area (Å²) in [7, 11) is 0. The molecule has 6 heteroatoms. The first-order valence-electron chi connectivity index (χ1n) is 6.35. The van der Waals surface area contributed by atoms with Gasteiger partial charge in [0, 0.05) is 5.02 Å². The Morgan fingerprint density at radius 2 is 1.76 bits per heavy atom. The van der Waals surface area contributed by atoms with E-state index in [1.54, 1.807) is 41.1 Å². The first kappa shape index (κ1) is 12.1. The second-order valence-electron chi connectivity index (χ2n) is 4.64. The summed E-state index contributed by atoms with van der Waals surface area (Å²) in [5, 5.41) is 9.22. The van der Waals surface area contributed by atoms with Gasteiger partial charge in [-0.15, -0.1) is 10.2 Å². The standard InChI is InChI=1S/C15H9ClN4O/c16-10-5-7-11(8-6-10)20-14(21)12-3-1-2-4-13(12)19-9-17-18-15(19)20/h1-9H. The van der Waals surface area contributed by atoms with Crippen molar-refractivity contribution >= 4 is 28.3 Å². The van der Waals surface area contributed by atoms with E-state index in [1.165, 1.54) is 4.57 Å². The van der Waals surface area contributed by atoms with Crippen molar-refractivity contribution in [1.82, 2.24) is 19.2 Å². The molecule has 0 radical (unpaired) electrons. The third kappa shape index (κ3) is 1.75. The zero-order chi connectivity index (χ0) is 14.4. The van der Waals surface area contributed by atoms with E-state index in [0.29, 0.717) is 21.9 Å². The van der Waals surface area contributed by atoms with Crippen molar-refractivity contribution < 1.29 is 0 Å². The summed E-state index contributed by atoms with van der Waals surface area (Å²) >= 11 is 5.91. The molecule has 102 valence electrons. The predicted octanol–water partition coefficient (Wildman–Crippen LogP) is 2.69. The second-order valence-corrected chi connectivity index (χ2v) is 5.07. The molecule has 21 heavy (non-hydrogen) atoms. The highest BCUT2D eigenvalue weighted by atomic mass is 35.5. The van der Waals surface area contributed by atoms with Gasteiger partial charge in [0.15, 0.2) is 0 Å². The summed E-state index contributed by atoms with van der Waals surface area (Å²) < 4.78 is 3.33. The molecule has 0 aliphatic carbocycles. The number of para-hydroxylation sites is 1. The third-order valence-electron chi connectivity index (χ3n) is 3.41. The van der Waals surface area contributed by atoms with E-state index in [-0.39, 0.29) is 5.56 Å². The zero-order valence-electron chi connectivity index (χ0n) is 10.8. The van der Waals surface area contributed by atoms with Crippen LogP contribution in [0.15, 0.2) is 59.7 Å². The van der Waals surface area contributed by atoms with Gasteiger partial charge < -0.3 is 0 Å². The number of fused-ring (bicyclic) bond motifs is 3. The van der Waals surface area contributed by atoms with Crippen LogP contribution in [0.3, 0.4) is 0 Å². The molecule has 4 rings (SSSR count). The fourth-order valence-electron chi connectivity index (χ4n) is 2.45. The molecule has 0 atom stereocenters. The number of hydrogen-bond acceptors (Lipinski definition) is 3. The van der Waals surface area contributed by atoms with Gasteiger partial charge in [0.2, 0.25) is 5.78 Å². The van der Waals surface area contributed by atoms with Gasteiger partial charge in [0.05, 0.1) is 16.6 Å². The molecule has 0 fully saturated rings. The molecule has 0 saturated carbocycles. The number of benzene rings is 2. The summed E-state index contributed by atoms with van der Waals surface area (Å²) in [6.45, 7) is 0. The maximum Gasteiger partial charge on any atom is 0.267 e. The quantitative estimate of drug-likeness (QED) is 0.543. The molecule has 0 saturated heterocycles. The van der Waals surface area contributed by atoms with Gasteiger partial charge in [0.25, 0.3) is 5.56 Å². The fourth-order valence-corrected chi connectivity index (χ4v) is 2.58.